The van der Waals surface area contributed by atoms with Gasteiger partial charge in [-0.05, 0) is 55.5 Å². The van der Waals surface area contributed by atoms with Crippen molar-refractivity contribution in [1.82, 2.24) is 19.7 Å². The Hall–Kier alpha value is -3.78. The van der Waals surface area contributed by atoms with Crippen LogP contribution in [0.1, 0.15) is 17.3 Å². The average Bonchev–Trinajstić information content (AvgIpc) is 3.23. The van der Waals surface area contributed by atoms with Gasteiger partial charge in [-0.25, -0.2) is 0 Å². The van der Waals surface area contributed by atoms with Gasteiger partial charge in [-0.2, -0.15) is 0 Å². The molecule has 8 heteroatoms. The topological polar surface area (TPSA) is 87.0 Å². The number of rotatable bonds is 7. The Kier molecular flexibility index (Phi) is 6.18. The van der Waals surface area contributed by atoms with E-state index in [0.29, 0.717) is 22.3 Å². The molecule has 0 bridgehead atoms. The number of carbonyl (C=O) groups excluding carboxylic acids is 2. The number of carbonyl (C=O) groups is 2. The summed E-state index contributed by atoms with van der Waals surface area (Å²) in [5.74, 6) is 0.599. The van der Waals surface area contributed by atoms with E-state index >= 15 is 0 Å². The third-order valence-electron chi connectivity index (χ3n) is 4.38. The number of ketones is 1. The largest absolute Gasteiger partial charge is 0.426 e. The highest BCUT2D eigenvalue weighted by molar-refractivity contribution is 7.99. The molecule has 0 radical (unpaired) electrons. The minimum Gasteiger partial charge on any atom is -0.426 e. The van der Waals surface area contributed by atoms with Gasteiger partial charge in [-0.3, -0.25) is 19.1 Å². The number of thioether (sulfide) groups is 1. The van der Waals surface area contributed by atoms with Crippen molar-refractivity contribution in [3.8, 4) is 22.8 Å². The van der Waals surface area contributed by atoms with Crippen molar-refractivity contribution in [2.75, 3.05) is 5.75 Å². The van der Waals surface area contributed by atoms with Crippen molar-refractivity contribution < 1.29 is 14.3 Å². The predicted molar refractivity (Wildman–Crippen MR) is 117 cm³/mol. The summed E-state index contributed by atoms with van der Waals surface area (Å²) < 4.78 is 7.25. The zero-order chi connectivity index (χ0) is 21.6. The number of aromatic nitrogens is 4. The smallest absolute Gasteiger partial charge is 0.321 e. The number of hydrogen-bond acceptors (Lipinski definition) is 7. The molecule has 0 aliphatic heterocycles. The molecule has 2 heterocycles. The standard InChI is InChI=1S/C23H18N4O3S/c1-16(28)17-9-11-20(12-10-17)30-21(29)15-31-23-26-25-22(18-6-5-13-24-14-18)27(23)19-7-3-2-4-8-19/h2-14H,15H2,1H3. The van der Waals surface area contributed by atoms with Crippen LogP contribution in [0.2, 0.25) is 0 Å². The molecular formula is C23H18N4O3S. The Balaban J connectivity index is 1.52. The lowest BCUT2D eigenvalue weighted by molar-refractivity contribution is -0.131. The summed E-state index contributed by atoms with van der Waals surface area (Å²) in [4.78, 5) is 27.9. The van der Waals surface area contributed by atoms with Crippen LogP contribution in [0.5, 0.6) is 5.75 Å². The lowest BCUT2D eigenvalue weighted by atomic mass is 10.1. The van der Waals surface area contributed by atoms with E-state index in [1.165, 1.54) is 18.7 Å². The molecule has 0 aliphatic rings. The highest BCUT2D eigenvalue weighted by atomic mass is 32.2. The van der Waals surface area contributed by atoms with E-state index in [1.807, 2.05) is 47.0 Å². The number of nitrogens with zero attached hydrogens (tertiary/aromatic N) is 4. The minimum atomic E-state index is -0.425. The van der Waals surface area contributed by atoms with Crippen LogP contribution < -0.4 is 4.74 Å². The molecule has 4 rings (SSSR count). The summed E-state index contributed by atoms with van der Waals surface area (Å²) in [5.41, 5.74) is 2.26. The van der Waals surface area contributed by atoms with E-state index in [2.05, 4.69) is 15.2 Å². The van der Waals surface area contributed by atoms with Crippen LogP contribution in [0.3, 0.4) is 0 Å². The second-order valence-electron chi connectivity index (χ2n) is 6.56. The third kappa shape index (κ3) is 4.87. The third-order valence-corrected chi connectivity index (χ3v) is 5.28. The molecule has 0 saturated heterocycles. The van der Waals surface area contributed by atoms with Crippen molar-refractivity contribution in [2.45, 2.75) is 12.1 Å². The molecule has 0 amide bonds. The van der Waals surface area contributed by atoms with E-state index < -0.39 is 5.97 Å². The summed E-state index contributed by atoms with van der Waals surface area (Å²) in [6.07, 6.45) is 3.41. The van der Waals surface area contributed by atoms with Gasteiger partial charge in [0, 0.05) is 29.2 Å². The number of para-hydroxylation sites is 1. The molecule has 0 N–H and O–H groups in total. The van der Waals surface area contributed by atoms with Crippen molar-refractivity contribution >= 4 is 23.5 Å². The summed E-state index contributed by atoms with van der Waals surface area (Å²) in [7, 11) is 0. The Bertz CT molecular complexity index is 1190. The van der Waals surface area contributed by atoms with Gasteiger partial charge in [0.25, 0.3) is 0 Å². The van der Waals surface area contributed by atoms with Gasteiger partial charge in [0.1, 0.15) is 5.75 Å². The number of pyridine rings is 1. The van der Waals surface area contributed by atoms with Crippen LogP contribution >= 0.6 is 11.8 Å². The molecule has 2 aromatic carbocycles. The Morgan fingerprint density at radius 3 is 2.42 bits per heavy atom. The van der Waals surface area contributed by atoms with Gasteiger partial charge in [-0.1, -0.05) is 30.0 Å². The molecule has 0 aliphatic carbocycles. The summed E-state index contributed by atoms with van der Waals surface area (Å²) in [5, 5.41) is 9.16. The summed E-state index contributed by atoms with van der Waals surface area (Å²) in [6.45, 7) is 1.49. The van der Waals surface area contributed by atoms with Gasteiger partial charge in [0.15, 0.2) is 16.8 Å². The van der Waals surface area contributed by atoms with Gasteiger partial charge in [0.05, 0.1) is 5.75 Å². The molecule has 0 saturated carbocycles. The normalized spacial score (nSPS) is 10.6. The van der Waals surface area contributed by atoms with Crippen LogP contribution in [0.25, 0.3) is 17.1 Å². The Labute approximate surface area is 183 Å². The van der Waals surface area contributed by atoms with Gasteiger partial charge < -0.3 is 4.74 Å². The first kappa shape index (κ1) is 20.5. The Morgan fingerprint density at radius 2 is 1.74 bits per heavy atom. The second-order valence-corrected chi connectivity index (χ2v) is 7.50. The first-order chi connectivity index (χ1) is 15.1. The van der Waals surface area contributed by atoms with E-state index in [0.717, 1.165) is 11.3 Å². The van der Waals surface area contributed by atoms with E-state index in [9.17, 15) is 9.59 Å². The number of Topliss-reactive ketones (excluding diaryl/α,β-unsaturated/α-hetero) is 1. The van der Waals surface area contributed by atoms with Crippen molar-refractivity contribution in [1.29, 1.82) is 0 Å². The van der Waals surface area contributed by atoms with Gasteiger partial charge in [-0.15, -0.1) is 10.2 Å². The molecule has 0 unspecified atom stereocenters. The number of esters is 1. The first-order valence-corrected chi connectivity index (χ1v) is 10.5. The molecule has 2 aromatic heterocycles. The molecule has 4 aromatic rings. The van der Waals surface area contributed by atoms with Gasteiger partial charge >= 0.3 is 5.97 Å². The first-order valence-electron chi connectivity index (χ1n) is 9.47. The highest BCUT2D eigenvalue weighted by Gasteiger charge is 2.18. The van der Waals surface area contributed by atoms with Gasteiger partial charge in [0.2, 0.25) is 0 Å². The summed E-state index contributed by atoms with van der Waals surface area (Å²) >= 11 is 1.23. The number of hydrogen-bond donors (Lipinski definition) is 0. The van der Waals surface area contributed by atoms with Crippen molar-refractivity contribution in [3.63, 3.8) is 0 Å². The van der Waals surface area contributed by atoms with Crippen LogP contribution in [0.4, 0.5) is 0 Å². The minimum absolute atomic E-state index is 0.0434. The van der Waals surface area contributed by atoms with E-state index in [4.69, 9.17) is 4.74 Å². The SMILES string of the molecule is CC(=O)c1ccc(OC(=O)CSc2nnc(-c3cccnc3)n2-c2ccccc2)cc1. The fourth-order valence-electron chi connectivity index (χ4n) is 2.90. The van der Waals surface area contributed by atoms with Crippen LogP contribution in [-0.2, 0) is 4.79 Å². The molecule has 31 heavy (non-hydrogen) atoms. The number of ether oxygens (including phenoxy) is 1. The highest BCUT2D eigenvalue weighted by Crippen LogP contribution is 2.27. The molecule has 154 valence electrons. The summed E-state index contributed by atoms with van der Waals surface area (Å²) in [6, 6.07) is 19.9. The molecular weight excluding hydrogens is 412 g/mol. The number of benzene rings is 2. The average molecular weight is 430 g/mol. The van der Waals surface area contributed by atoms with Crippen LogP contribution in [-0.4, -0.2) is 37.3 Å². The zero-order valence-corrected chi connectivity index (χ0v) is 17.5. The van der Waals surface area contributed by atoms with Crippen molar-refractivity contribution in [2.24, 2.45) is 0 Å². The monoisotopic (exact) mass is 430 g/mol. The fourth-order valence-corrected chi connectivity index (χ4v) is 3.62. The maximum absolute atomic E-state index is 12.4. The fraction of sp³-hybridized carbons (Fsp3) is 0.0870. The zero-order valence-electron chi connectivity index (χ0n) is 16.6. The maximum atomic E-state index is 12.4. The van der Waals surface area contributed by atoms with Crippen molar-refractivity contribution in [3.05, 3.63) is 84.7 Å². The maximum Gasteiger partial charge on any atom is 0.321 e. The van der Waals surface area contributed by atoms with Crippen LogP contribution in [0.15, 0.2) is 84.3 Å². The van der Waals surface area contributed by atoms with E-state index in [1.54, 1.807) is 36.7 Å². The predicted octanol–water partition coefficient (Wildman–Crippen LogP) is 4.23. The lowest BCUT2D eigenvalue weighted by Crippen LogP contribution is -2.11. The molecule has 0 spiro atoms. The quantitative estimate of drug-likeness (QED) is 0.188. The molecule has 0 atom stereocenters. The molecule has 0 fully saturated rings. The second kappa shape index (κ2) is 9.36. The van der Waals surface area contributed by atoms with Crippen LogP contribution in [0, 0.1) is 0 Å². The Morgan fingerprint density at radius 1 is 0.968 bits per heavy atom. The van der Waals surface area contributed by atoms with E-state index in [-0.39, 0.29) is 11.5 Å². The lowest BCUT2D eigenvalue weighted by Gasteiger charge is -2.10. The molecule has 7 nitrogen and oxygen atoms in total.